The van der Waals surface area contributed by atoms with Crippen LogP contribution >= 0.6 is 11.6 Å². The van der Waals surface area contributed by atoms with Gasteiger partial charge in [-0.1, -0.05) is 11.6 Å². The van der Waals surface area contributed by atoms with E-state index in [0.717, 1.165) is 18.2 Å². The summed E-state index contributed by atoms with van der Waals surface area (Å²) in [5.74, 6) is -1.40. The maximum Gasteiger partial charge on any atom is 0.188 e. The normalized spacial score (nSPS) is 24.2. The number of sulfone groups is 1. The van der Waals surface area contributed by atoms with E-state index in [-0.39, 0.29) is 29.3 Å². The molecule has 1 aliphatic rings. The average Bonchev–Trinajstić information content (AvgIpc) is 2.58. The maximum atomic E-state index is 14.5. The lowest BCUT2D eigenvalue weighted by Crippen LogP contribution is -2.43. The van der Waals surface area contributed by atoms with E-state index in [0.29, 0.717) is 17.9 Å². The number of hydrogen-bond acceptors (Lipinski definition) is 3. The minimum atomic E-state index is -3.98. The molecule has 0 amide bonds. The molecule has 134 valence electrons. The third-order valence-corrected chi connectivity index (χ3v) is 7.70. The first-order valence-electron chi connectivity index (χ1n) is 7.97. The van der Waals surface area contributed by atoms with Crippen molar-refractivity contribution in [1.29, 1.82) is 0 Å². The molecule has 1 aliphatic carbocycles. The maximum absolute atomic E-state index is 14.5. The van der Waals surface area contributed by atoms with E-state index < -0.39 is 26.2 Å². The Bertz CT molecular complexity index is 876. The Balaban J connectivity index is 2.21. The van der Waals surface area contributed by atoms with Crippen molar-refractivity contribution in [2.24, 2.45) is 5.73 Å². The number of nitrogens with two attached hydrogens (primary N) is 1. The van der Waals surface area contributed by atoms with Crippen molar-refractivity contribution >= 4 is 21.4 Å². The Morgan fingerprint density at radius 1 is 1.04 bits per heavy atom. The zero-order valence-corrected chi connectivity index (χ0v) is 15.0. The van der Waals surface area contributed by atoms with Crippen molar-refractivity contribution < 1.29 is 17.2 Å². The molecule has 3 nitrogen and oxygen atoms in total. The van der Waals surface area contributed by atoms with Gasteiger partial charge >= 0.3 is 0 Å². The molecule has 0 aromatic heterocycles. The Labute approximate surface area is 150 Å². The predicted molar refractivity (Wildman–Crippen MR) is 93.1 cm³/mol. The molecule has 0 unspecified atom stereocenters. The first kappa shape index (κ1) is 18.3. The molecule has 0 radical (unpaired) electrons. The molecule has 0 atom stereocenters. The van der Waals surface area contributed by atoms with Crippen LogP contribution in [0.4, 0.5) is 8.78 Å². The van der Waals surface area contributed by atoms with E-state index >= 15 is 0 Å². The van der Waals surface area contributed by atoms with E-state index in [1.54, 1.807) is 0 Å². The zero-order chi connectivity index (χ0) is 18.2. The first-order valence-corrected chi connectivity index (χ1v) is 9.84. The molecule has 2 aromatic carbocycles. The number of benzene rings is 2. The van der Waals surface area contributed by atoms with Gasteiger partial charge in [0.15, 0.2) is 9.84 Å². The molecule has 0 heterocycles. The molecule has 7 heteroatoms. The highest BCUT2D eigenvalue weighted by Crippen LogP contribution is 2.47. The lowest BCUT2D eigenvalue weighted by Gasteiger charge is -2.39. The monoisotopic (exact) mass is 385 g/mol. The van der Waals surface area contributed by atoms with E-state index in [4.69, 9.17) is 17.3 Å². The molecule has 3 rings (SSSR count). The minimum absolute atomic E-state index is 0.0380. The average molecular weight is 386 g/mol. The molecule has 0 saturated heterocycles. The van der Waals surface area contributed by atoms with Gasteiger partial charge in [0.25, 0.3) is 0 Å². The molecule has 2 aromatic rings. The highest BCUT2D eigenvalue weighted by molar-refractivity contribution is 7.92. The molecule has 1 saturated carbocycles. The molecule has 2 N–H and O–H groups in total. The first-order chi connectivity index (χ1) is 11.8. The van der Waals surface area contributed by atoms with E-state index in [1.165, 1.54) is 24.3 Å². The Morgan fingerprint density at radius 3 is 2.24 bits per heavy atom. The van der Waals surface area contributed by atoms with Crippen LogP contribution in [0.2, 0.25) is 5.02 Å². The van der Waals surface area contributed by atoms with Crippen LogP contribution in [0.25, 0.3) is 0 Å². The van der Waals surface area contributed by atoms with Crippen molar-refractivity contribution in [3.63, 3.8) is 0 Å². The fourth-order valence-corrected chi connectivity index (χ4v) is 5.77. The summed E-state index contributed by atoms with van der Waals surface area (Å²) in [6.07, 6.45) is 1.12. The van der Waals surface area contributed by atoms with Gasteiger partial charge in [0.1, 0.15) is 16.4 Å². The van der Waals surface area contributed by atoms with Gasteiger partial charge < -0.3 is 5.73 Å². The largest absolute Gasteiger partial charge is 0.328 e. The summed E-state index contributed by atoms with van der Waals surface area (Å²) >= 11 is 5.84. The number of rotatable bonds is 3. The predicted octanol–water partition coefficient (Wildman–Crippen LogP) is 4.19. The molecule has 1 fully saturated rings. The SMILES string of the molecule is N[C@H]1CC[C@@](c2cc(F)ccc2F)(S(=O)(=O)c2ccc(Cl)cc2)CC1. The molecular formula is C18H18ClF2NO2S. The second-order valence-electron chi connectivity index (χ2n) is 6.41. The van der Waals surface area contributed by atoms with Crippen molar-refractivity contribution in [2.75, 3.05) is 0 Å². The lowest BCUT2D eigenvalue weighted by atomic mass is 9.81. The van der Waals surface area contributed by atoms with Gasteiger partial charge in [-0.05, 0) is 68.1 Å². The van der Waals surface area contributed by atoms with Crippen LogP contribution in [0, 0.1) is 11.6 Å². The topological polar surface area (TPSA) is 60.2 Å². The minimum Gasteiger partial charge on any atom is -0.328 e. The van der Waals surface area contributed by atoms with E-state index in [9.17, 15) is 17.2 Å². The highest BCUT2D eigenvalue weighted by Gasteiger charge is 2.49. The van der Waals surface area contributed by atoms with Crippen molar-refractivity contribution in [2.45, 2.75) is 41.4 Å². The fraction of sp³-hybridized carbons (Fsp3) is 0.333. The van der Waals surface area contributed by atoms with Crippen LogP contribution in [0.15, 0.2) is 47.4 Å². The Kier molecular flexibility index (Phi) is 4.88. The van der Waals surface area contributed by atoms with Crippen molar-refractivity contribution in [3.05, 3.63) is 64.7 Å². The van der Waals surface area contributed by atoms with Gasteiger partial charge in [0, 0.05) is 16.6 Å². The van der Waals surface area contributed by atoms with Crippen LogP contribution < -0.4 is 5.73 Å². The van der Waals surface area contributed by atoms with Gasteiger partial charge in [-0.25, -0.2) is 17.2 Å². The second-order valence-corrected chi connectivity index (χ2v) is 9.11. The number of hydrogen-bond donors (Lipinski definition) is 1. The standard InChI is InChI=1S/C18H18ClF2NO2S/c19-12-1-4-15(5-2-12)25(23,24)18(9-7-14(22)8-10-18)16-11-13(20)3-6-17(16)21/h1-6,11,14H,7-10,22H2/t14-,18+. The van der Waals surface area contributed by atoms with Crippen molar-refractivity contribution in [3.8, 4) is 0 Å². The Hall–Kier alpha value is -1.50. The van der Waals surface area contributed by atoms with Gasteiger partial charge in [0.2, 0.25) is 0 Å². The van der Waals surface area contributed by atoms with Crippen LogP contribution in [-0.4, -0.2) is 14.5 Å². The molecule has 0 spiro atoms. The smallest absolute Gasteiger partial charge is 0.188 e. The fourth-order valence-electron chi connectivity index (χ4n) is 3.48. The van der Waals surface area contributed by atoms with Gasteiger partial charge in [-0.2, -0.15) is 0 Å². The summed E-state index contributed by atoms with van der Waals surface area (Å²) in [7, 11) is -3.98. The van der Waals surface area contributed by atoms with Gasteiger partial charge in [-0.15, -0.1) is 0 Å². The lowest BCUT2D eigenvalue weighted by molar-refractivity contribution is 0.337. The zero-order valence-electron chi connectivity index (χ0n) is 13.4. The summed E-state index contributed by atoms with van der Waals surface area (Å²) in [5.41, 5.74) is 5.79. The third-order valence-electron chi connectivity index (χ3n) is 4.90. The van der Waals surface area contributed by atoms with E-state index in [2.05, 4.69) is 0 Å². The van der Waals surface area contributed by atoms with Crippen LogP contribution in [0.5, 0.6) is 0 Å². The summed E-state index contributed by atoms with van der Waals surface area (Å²) < 4.78 is 53.6. The van der Waals surface area contributed by atoms with Crippen molar-refractivity contribution in [1.82, 2.24) is 0 Å². The quantitative estimate of drug-likeness (QED) is 0.861. The number of halogens is 3. The molecule has 25 heavy (non-hydrogen) atoms. The van der Waals surface area contributed by atoms with E-state index in [1.807, 2.05) is 0 Å². The van der Waals surface area contributed by atoms with Crippen LogP contribution in [0.1, 0.15) is 31.2 Å². The summed E-state index contributed by atoms with van der Waals surface area (Å²) in [6.45, 7) is 0. The molecular weight excluding hydrogens is 368 g/mol. The summed E-state index contributed by atoms with van der Waals surface area (Å²) in [5, 5.41) is 0.399. The van der Waals surface area contributed by atoms with Crippen LogP contribution in [-0.2, 0) is 14.6 Å². The summed E-state index contributed by atoms with van der Waals surface area (Å²) in [6, 6.07) is 8.52. The molecule has 0 aliphatic heterocycles. The molecule has 0 bridgehead atoms. The van der Waals surface area contributed by atoms with Gasteiger partial charge in [-0.3, -0.25) is 0 Å². The Morgan fingerprint density at radius 2 is 1.64 bits per heavy atom. The third kappa shape index (κ3) is 3.18. The second kappa shape index (κ2) is 6.67. The van der Waals surface area contributed by atoms with Crippen LogP contribution in [0.3, 0.4) is 0 Å². The summed E-state index contributed by atoms with van der Waals surface area (Å²) in [4.78, 5) is 0.0380. The van der Waals surface area contributed by atoms with Gasteiger partial charge in [0.05, 0.1) is 4.90 Å². The highest BCUT2D eigenvalue weighted by atomic mass is 35.5.